The molecule has 0 bridgehead atoms. The van der Waals surface area contributed by atoms with E-state index >= 15 is 0 Å². The smallest absolute Gasteiger partial charge is 0.137 e. The van der Waals surface area contributed by atoms with Crippen molar-refractivity contribution in [2.75, 3.05) is 9.80 Å². The lowest BCUT2D eigenvalue weighted by molar-refractivity contribution is 0.776. The molecule has 2 aromatic heterocycles. The van der Waals surface area contributed by atoms with Gasteiger partial charge in [0.15, 0.2) is 0 Å². The molecule has 0 N–H and O–H groups in total. The Bertz CT molecular complexity index is 2210. The van der Waals surface area contributed by atoms with Crippen molar-refractivity contribution in [3.63, 3.8) is 0 Å². The van der Waals surface area contributed by atoms with Crippen molar-refractivity contribution >= 4 is 55.9 Å². The summed E-state index contributed by atoms with van der Waals surface area (Å²) in [5.41, 5.74) is 8.28. The van der Waals surface area contributed by atoms with Crippen LogP contribution in [0.15, 0.2) is 134 Å². The zero-order valence-electron chi connectivity index (χ0n) is 25.8. The lowest BCUT2D eigenvalue weighted by Gasteiger charge is -2.33. The van der Waals surface area contributed by atoms with E-state index in [1.165, 1.54) is 38.0 Å². The molecule has 0 spiro atoms. The Kier molecular flexibility index (Phi) is 6.57. The second-order valence-corrected chi connectivity index (χ2v) is 12.2. The number of para-hydroxylation sites is 2. The van der Waals surface area contributed by atoms with Crippen molar-refractivity contribution in [3.8, 4) is 0 Å². The van der Waals surface area contributed by atoms with Crippen molar-refractivity contribution in [3.05, 3.63) is 156 Å². The molecule has 0 amide bonds. The van der Waals surface area contributed by atoms with Gasteiger partial charge in [-0.3, -0.25) is 9.80 Å². The van der Waals surface area contributed by atoms with E-state index in [-0.39, 0.29) is 0 Å². The number of hydrogen-bond donors (Lipinski definition) is 0. The summed E-state index contributed by atoms with van der Waals surface area (Å²) in [7, 11) is 0. The average molecular weight is 583 g/mol. The number of hydrogen-bond acceptors (Lipinski definition) is 4. The van der Waals surface area contributed by atoms with E-state index < -0.39 is 0 Å². The lowest BCUT2D eigenvalue weighted by Crippen LogP contribution is -2.28. The number of aryl methyl sites for hydroxylation is 2. The molecular weight excluding hydrogens is 548 g/mol. The second kappa shape index (κ2) is 10.9. The van der Waals surface area contributed by atoms with E-state index in [1.54, 1.807) is 0 Å². The SMILES string of the molecule is Cc1ccc(N(C2=c3ccc4ccc(N(c5ccccc5)c5ccc(C)cn5)c5ccc(c3c45)C(C)C2)c2ccccc2)nc1. The van der Waals surface area contributed by atoms with Crippen LogP contribution < -0.4 is 15.0 Å². The fourth-order valence-electron chi connectivity index (χ4n) is 6.89. The molecule has 7 aromatic rings. The van der Waals surface area contributed by atoms with E-state index in [2.05, 4.69) is 152 Å². The maximum absolute atomic E-state index is 4.92. The molecule has 2 heterocycles. The van der Waals surface area contributed by atoms with Crippen molar-refractivity contribution < 1.29 is 0 Å². The second-order valence-electron chi connectivity index (χ2n) is 12.2. The highest BCUT2D eigenvalue weighted by atomic mass is 15.2. The highest BCUT2D eigenvalue weighted by molar-refractivity contribution is 6.17. The third-order valence-corrected chi connectivity index (χ3v) is 9.05. The van der Waals surface area contributed by atoms with Crippen LogP contribution in [-0.4, -0.2) is 9.97 Å². The van der Waals surface area contributed by atoms with Gasteiger partial charge in [0.2, 0.25) is 0 Å². The van der Waals surface area contributed by atoms with Crippen molar-refractivity contribution in [1.29, 1.82) is 0 Å². The molecule has 1 atom stereocenters. The first-order valence-electron chi connectivity index (χ1n) is 15.6. The van der Waals surface area contributed by atoms with Crippen LogP contribution in [0.4, 0.5) is 28.7 Å². The van der Waals surface area contributed by atoms with Gasteiger partial charge < -0.3 is 0 Å². The molecule has 0 saturated heterocycles. The molecule has 5 aromatic carbocycles. The highest BCUT2D eigenvalue weighted by Crippen LogP contribution is 2.45. The molecular formula is C41H34N4. The molecule has 1 aliphatic carbocycles. The largest absolute Gasteiger partial charge is 0.298 e. The van der Waals surface area contributed by atoms with Gasteiger partial charge in [0.25, 0.3) is 0 Å². The number of anilines is 5. The quantitative estimate of drug-likeness (QED) is 0.195. The van der Waals surface area contributed by atoms with Crippen LogP contribution in [-0.2, 0) is 0 Å². The van der Waals surface area contributed by atoms with Gasteiger partial charge >= 0.3 is 0 Å². The van der Waals surface area contributed by atoms with Crippen LogP contribution in [0.1, 0.15) is 36.0 Å². The minimum absolute atomic E-state index is 0.340. The normalized spacial score (nSPS) is 14.2. The summed E-state index contributed by atoms with van der Waals surface area (Å²) in [4.78, 5) is 14.5. The molecule has 0 aliphatic heterocycles. The molecule has 0 radical (unpaired) electrons. The van der Waals surface area contributed by atoms with Gasteiger partial charge in [-0.25, -0.2) is 9.97 Å². The zero-order valence-corrected chi connectivity index (χ0v) is 25.8. The predicted octanol–water partition coefficient (Wildman–Crippen LogP) is 10.0. The first-order chi connectivity index (χ1) is 22.1. The van der Waals surface area contributed by atoms with Gasteiger partial charge in [-0.15, -0.1) is 0 Å². The molecule has 0 saturated carbocycles. The lowest BCUT2D eigenvalue weighted by atomic mass is 9.82. The number of aromatic nitrogens is 2. The number of nitrogens with zero attached hydrogens (tertiary/aromatic N) is 4. The molecule has 8 rings (SSSR count). The Hall–Kier alpha value is -5.48. The minimum Gasteiger partial charge on any atom is -0.298 e. The first kappa shape index (κ1) is 27.1. The maximum atomic E-state index is 4.92. The van der Waals surface area contributed by atoms with Crippen LogP contribution in [0.3, 0.4) is 0 Å². The monoisotopic (exact) mass is 582 g/mol. The van der Waals surface area contributed by atoms with Crippen LogP contribution in [0.25, 0.3) is 27.2 Å². The predicted molar refractivity (Wildman–Crippen MR) is 188 cm³/mol. The third kappa shape index (κ3) is 4.61. The highest BCUT2D eigenvalue weighted by Gasteiger charge is 2.27. The molecule has 0 fully saturated rings. The fraction of sp³-hybridized carbons (Fsp3) is 0.122. The average Bonchev–Trinajstić information content (AvgIpc) is 3.08. The Morgan fingerprint density at radius 3 is 1.80 bits per heavy atom. The molecule has 1 aliphatic rings. The summed E-state index contributed by atoms with van der Waals surface area (Å²) in [6.07, 6.45) is 4.83. The van der Waals surface area contributed by atoms with Gasteiger partial charge in [0.05, 0.1) is 5.69 Å². The van der Waals surface area contributed by atoms with E-state index in [0.717, 1.165) is 46.2 Å². The van der Waals surface area contributed by atoms with E-state index in [1.807, 2.05) is 12.4 Å². The Morgan fingerprint density at radius 2 is 1.18 bits per heavy atom. The summed E-state index contributed by atoms with van der Waals surface area (Å²) < 4.78 is 0. The van der Waals surface area contributed by atoms with Crippen molar-refractivity contribution in [2.24, 2.45) is 0 Å². The summed E-state index contributed by atoms with van der Waals surface area (Å²) >= 11 is 0. The molecule has 45 heavy (non-hydrogen) atoms. The topological polar surface area (TPSA) is 32.3 Å². The van der Waals surface area contributed by atoms with Crippen LogP contribution >= 0.6 is 0 Å². The van der Waals surface area contributed by atoms with Crippen LogP contribution in [0, 0.1) is 13.8 Å². The summed E-state index contributed by atoms with van der Waals surface area (Å²) in [5, 5.41) is 6.35. The van der Waals surface area contributed by atoms with Gasteiger partial charge in [0.1, 0.15) is 11.6 Å². The fourth-order valence-corrected chi connectivity index (χ4v) is 6.89. The standard InChI is InChI=1S/C41H34N4/c1-27-14-22-38(42-25-27)44(31-10-6-4-7-11-31)36-21-17-30-16-18-35-37(24-29(3)33-19-20-34(36)40(30)41(33)35)45(32-12-8-5-9-13-32)39-23-15-28(2)26-43-39/h4-23,25-26,29H,24H2,1-3H3. The summed E-state index contributed by atoms with van der Waals surface area (Å²) in [6.45, 7) is 6.52. The Labute approximate surface area is 263 Å². The van der Waals surface area contributed by atoms with E-state index in [4.69, 9.17) is 9.97 Å². The van der Waals surface area contributed by atoms with Gasteiger partial charge in [0, 0.05) is 40.1 Å². The van der Waals surface area contributed by atoms with Crippen LogP contribution in [0.2, 0.25) is 0 Å². The van der Waals surface area contributed by atoms with Gasteiger partial charge in [-0.1, -0.05) is 85.8 Å². The zero-order chi connectivity index (χ0) is 30.5. The molecule has 4 nitrogen and oxygen atoms in total. The third-order valence-electron chi connectivity index (χ3n) is 9.05. The Morgan fingerprint density at radius 1 is 0.578 bits per heavy atom. The van der Waals surface area contributed by atoms with Gasteiger partial charge in [-0.2, -0.15) is 0 Å². The van der Waals surface area contributed by atoms with E-state index in [0.29, 0.717) is 5.92 Å². The maximum Gasteiger partial charge on any atom is 0.137 e. The summed E-state index contributed by atoms with van der Waals surface area (Å²) in [6, 6.07) is 43.6. The first-order valence-corrected chi connectivity index (χ1v) is 15.6. The molecule has 4 heteroatoms. The minimum atomic E-state index is 0.340. The Balaban J connectivity index is 1.44. The molecule has 1 unspecified atom stereocenters. The van der Waals surface area contributed by atoms with Crippen LogP contribution in [0.5, 0.6) is 0 Å². The van der Waals surface area contributed by atoms with Crippen molar-refractivity contribution in [1.82, 2.24) is 9.97 Å². The number of rotatable bonds is 6. The number of benzene rings is 5. The van der Waals surface area contributed by atoms with Crippen molar-refractivity contribution in [2.45, 2.75) is 33.1 Å². The summed E-state index contributed by atoms with van der Waals surface area (Å²) in [5.74, 6) is 2.18. The van der Waals surface area contributed by atoms with E-state index in [9.17, 15) is 0 Å². The molecule has 218 valence electrons. The van der Waals surface area contributed by atoms with Gasteiger partial charge in [-0.05, 0) is 101 Å². The number of pyridine rings is 2.